The number of hydrogen-bond donors (Lipinski definition) is 0. The van der Waals surface area contributed by atoms with Crippen molar-refractivity contribution < 1.29 is 4.79 Å². The number of aromatic nitrogens is 3. The summed E-state index contributed by atoms with van der Waals surface area (Å²) in [5.74, 6) is 0.167. The van der Waals surface area contributed by atoms with Gasteiger partial charge in [-0.2, -0.15) is 0 Å². The molecule has 0 aliphatic rings. The van der Waals surface area contributed by atoms with Gasteiger partial charge in [0, 0.05) is 24.0 Å². The van der Waals surface area contributed by atoms with Gasteiger partial charge in [0.05, 0.1) is 6.42 Å². The highest BCUT2D eigenvalue weighted by Gasteiger charge is 2.10. The van der Waals surface area contributed by atoms with E-state index in [0.29, 0.717) is 0 Å². The third-order valence-electron chi connectivity index (χ3n) is 1.83. The molecule has 0 fully saturated rings. The fraction of sp³-hybridized carbons (Fsp3) is 0.200. The van der Waals surface area contributed by atoms with Crippen molar-refractivity contribution in [1.29, 1.82) is 0 Å². The zero-order valence-corrected chi connectivity index (χ0v) is 8.99. The molecule has 0 amide bonds. The molecular formula is C10H9N3OS. The van der Waals surface area contributed by atoms with Crippen LogP contribution in [0.5, 0.6) is 0 Å². The molecule has 4 nitrogen and oxygen atoms in total. The minimum absolute atomic E-state index is 0.0926. The van der Waals surface area contributed by atoms with Crippen molar-refractivity contribution in [2.24, 2.45) is 0 Å². The molecule has 0 atom stereocenters. The van der Waals surface area contributed by atoms with Crippen molar-refractivity contribution in [1.82, 2.24) is 15.0 Å². The van der Waals surface area contributed by atoms with E-state index in [2.05, 4.69) is 15.0 Å². The number of nitrogens with zero attached hydrogens (tertiary/aromatic N) is 3. The highest BCUT2D eigenvalue weighted by Crippen LogP contribution is 2.07. The molecule has 0 saturated carbocycles. The first-order valence-electron chi connectivity index (χ1n) is 4.46. The van der Waals surface area contributed by atoms with Gasteiger partial charge in [-0.1, -0.05) is 0 Å². The van der Waals surface area contributed by atoms with Crippen molar-refractivity contribution in [2.45, 2.75) is 13.3 Å². The van der Waals surface area contributed by atoms with Gasteiger partial charge in [0.25, 0.3) is 0 Å². The van der Waals surface area contributed by atoms with Crippen LogP contribution in [-0.4, -0.2) is 20.7 Å². The Kier molecular flexibility index (Phi) is 2.82. The van der Waals surface area contributed by atoms with E-state index in [4.69, 9.17) is 0 Å². The van der Waals surface area contributed by atoms with E-state index in [9.17, 15) is 4.79 Å². The number of hydrogen-bond acceptors (Lipinski definition) is 5. The van der Waals surface area contributed by atoms with Crippen LogP contribution in [0.2, 0.25) is 0 Å². The van der Waals surface area contributed by atoms with Crippen LogP contribution in [0.3, 0.4) is 0 Å². The van der Waals surface area contributed by atoms with Gasteiger partial charge >= 0.3 is 0 Å². The van der Waals surface area contributed by atoms with Gasteiger partial charge in [-0.15, -0.1) is 11.3 Å². The summed E-state index contributed by atoms with van der Waals surface area (Å²) in [6.45, 7) is 1.88. The highest BCUT2D eigenvalue weighted by molar-refractivity contribution is 7.09. The Morgan fingerprint density at radius 3 is 2.67 bits per heavy atom. The first kappa shape index (κ1) is 9.92. The standard InChI is InChI=1S/C10H9N3OS/c1-7-5-12-10(13-6-7)8(14)4-9-11-2-3-15-9/h2-3,5-6H,4H2,1H3. The lowest BCUT2D eigenvalue weighted by molar-refractivity contribution is 0.0983. The normalized spacial score (nSPS) is 10.2. The summed E-state index contributed by atoms with van der Waals surface area (Å²) in [5.41, 5.74) is 0.945. The molecule has 5 heteroatoms. The summed E-state index contributed by atoms with van der Waals surface area (Å²) in [6, 6.07) is 0. The minimum atomic E-state index is -0.0926. The summed E-state index contributed by atoms with van der Waals surface area (Å²) in [7, 11) is 0. The largest absolute Gasteiger partial charge is 0.290 e. The number of aryl methyl sites for hydroxylation is 1. The molecule has 2 rings (SSSR count). The number of carbonyl (C=O) groups excluding carboxylic acids is 1. The van der Waals surface area contributed by atoms with E-state index in [1.54, 1.807) is 18.6 Å². The summed E-state index contributed by atoms with van der Waals surface area (Å²) in [6.07, 6.45) is 5.24. The maximum Gasteiger partial charge on any atom is 0.206 e. The predicted octanol–water partition coefficient (Wildman–Crippen LogP) is 1.67. The van der Waals surface area contributed by atoms with Gasteiger partial charge in [0.2, 0.25) is 5.78 Å². The van der Waals surface area contributed by atoms with Crippen molar-refractivity contribution >= 4 is 17.1 Å². The highest BCUT2D eigenvalue weighted by atomic mass is 32.1. The van der Waals surface area contributed by atoms with Crippen LogP contribution in [0, 0.1) is 6.92 Å². The van der Waals surface area contributed by atoms with Gasteiger partial charge < -0.3 is 0 Å². The van der Waals surface area contributed by atoms with Crippen LogP contribution >= 0.6 is 11.3 Å². The van der Waals surface area contributed by atoms with Crippen LogP contribution in [0.15, 0.2) is 24.0 Å². The molecule has 2 aromatic heterocycles. The molecule has 0 unspecified atom stereocenters. The molecule has 0 saturated heterocycles. The van der Waals surface area contributed by atoms with Crippen LogP contribution in [0.1, 0.15) is 21.2 Å². The fourth-order valence-corrected chi connectivity index (χ4v) is 1.71. The van der Waals surface area contributed by atoms with Gasteiger partial charge in [-0.3, -0.25) is 4.79 Å². The smallest absolute Gasteiger partial charge is 0.206 e. The Morgan fingerprint density at radius 2 is 2.07 bits per heavy atom. The van der Waals surface area contributed by atoms with Gasteiger partial charge in [-0.25, -0.2) is 15.0 Å². The average molecular weight is 219 g/mol. The third kappa shape index (κ3) is 2.44. The predicted molar refractivity (Wildman–Crippen MR) is 56.9 cm³/mol. The lowest BCUT2D eigenvalue weighted by atomic mass is 10.2. The maximum atomic E-state index is 11.7. The minimum Gasteiger partial charge on any atom is -0.290 e. The van der Waals surface area contributed by atoms with E-state index in [-0.39, 0.29) is 18.0 Å². The topological polar surface area (TPSA) is 55.7 Å². The summed E-state index contributed by atoms with van der Waals surface area (Å²) in [4.78, 5) is 23.7. The summed E-state index contributed by atoms with van der Waals surface area (Å²) >= 11 is 1.46. The number of Topliss-reactive ketones (excluding diaryl/α,β-unsaturated/α-hetero) is 1. The SMILES string of the molecule is Cc1cnc(C(=O)Cc2nccs2)nc1. The van der Waals surface area contributed by atoms with E-state index in [1.807, 2.05) is 12.3 Å². The number of rotatable bonds is 3. The molecule has 0 spiro atoms. The van der Waals surface area contributed by atoms with Crippen molar-refractivity contribution in [3.63, 3.8) is 0 Å². The Hall–Kier alpha value is -1.62. The summed E-state index contributed by atoms with van der Waals surface area (Å²) < 4.78 is 0. The Balaban J connectivity index is 2.11. The number of ketones is 1. The van der Waals surface area contributed by atoms with Crippen LogP contribution in [0.25, 0.3) is 0 Å². The van der Waals surface area contributed by atoms with E-state index < -0.39 is 0 Å². The monoisotopic (exact) mass is 219 g/mol. The van der Waals surface area contributed by atoms with E-state index in [0.717, 1.165) is 10.6 Å². The Labute approximate surface area is 91.0 Å². The first-order chi connectivity index (χ1) is 7.25. The molecule has 0 N–H and O–H groups in total. The van der Waals surface area contributed by atoms with Crippen LogP contribution < -0.4 is 0 Å². The lowest BCUT2D eigenvalue weighted by Crippen LogP contribution is -2.08. The maximum absolute atomic E-state index is 11.7. The van der Waals surface area contributed by atoms with Crippen molar-refractivity contribution in [3.8, 4) is 0 Å². The quantitative estimate of drug-likeness (QED) is 0.737. The number of carbonyl (C=O) groups is 1. The third-order valence-corrected chi connectivity index (χ3v) is 2.61. The molecule has 0 radical (unpaired) electrons. The van der Waals surface area contributed by atoms with Gasteiger partial charge in [0.1, 0.15) is 5.01 Å². The molecule has 76 valence electrons. The Morgan fingerprint density at radius 1 is 1.33 bits per heavy atom. The molecule has 15 heavy (non-hydrogen) atoms. The molecular weight excluding hydrogens is 210 g/mol. The lowest BCUT2D eigenvalue weighted by Gasteiger charge is -1.97. The zero-order chi connectivity index (χ0) is 10.7. The first-order valence-corrected chi connectivity index (χ1v) is 5.34. The number of thiazole rings is 1. The molecule has 2 heterocycles. The molecule has 0 aromatic carbocycles. The fourth-order valence-electron chi connectivity index (χ4n) is 1.09. The second kappa shape index (κ2) is 4.27. The molecule has 0 aliphatic carbocycles. The van der Waals surface area contributed by atoms with Gasteiger partial charge in [0.15, 0.2) is 5.82 Å². The molecule has 2 aromatic rings. The van der Waals surface area contributed by atoms with E-state index >= 15 is 0 Å². The second-order valence-corrected chi connectivity index (χ2v) is 4.09. The van der Waals surface area contributed by atoms with Crippen molar-refractivity contribution in [3.05, 3.63) is 40.4 Å². The summed E-state index contributed by atoms with van der Waals surface area (Å²) in [5, 5.41) is 2.64. The zero-order valence-electron chi connectivity index (χ0n) is 8.17. The Bertz CT molecular complexity index is 450. The van der Waals surface area contributed by atoms with Crippen LogP contribution in [-0.2, 0) is 6.42 Å². The molecule has 0 aliphatic heterocycles. The molecule has 0 bridgehead atoms. The van der Waals surface area contributed by atoms with Crippen molar-refractivity contribution in [2.75, 3.05) is 0 Å². The average Bonchev–Trinajstić information content (AvgIpc) is 2.71. The van der Waals surface area contributed by atoms with E-state index in [1.165, 1.54) is 11.3 Å². The second-order valence-electron chi connectivity index (χ2n) is 3.11. The van der Waals surface area contributed by atoms with Gasteiger partial charge in [-0.05, 0) is 12.5 Å². The van der Waals surface area contributed by atoms with Crippen LogP contribution in [0.4, 0.5) is 0 Å².